The molecule has 514 valence electrons. The number of aliphatic hydroxyl groups excluding tert-OH is 3. The molecule has 0 bridgehead atoms. The van der Waals surface area contributed by atoms with E-state index in [2.05, 4.69) is 70.4 Å². The molecule has 11 atom stereocenters. The van der Waals surface area contributed by atoms with Gasteiger partial charge in [-0.15, -0.1) is 0 Å². The number of guanidine groups is 1. The van der Waals surface area contributed by atoms with Crippen LogP contribution in [-0.4, -0.2) is 227 Å². The van der Waals surface area contributed by atoms with Gasteiger partial charge in [-0.3, -0.25) is 62.5 Å². The van der Waals surface area contributed by atoms with E-state index < -0.39 is 157 Å². The monoisotopic (exact) mass is 1300 g/mol. The van der Waals surface area contributed by atoms with Gasteiger partial charge in [-0.05, 0) is 104 Å². The van der Waals surface area contributed by atoms with Gasteiger partial charge < -0.3 is 113 Å². The van der Waals surface area contributed by atoms with Gasteiger partial charge in [0.15, 0.2) is 5.96 Å². The smallest absolute Gasteiger partial charge is 0.326 e. The van der Waals surface area contributed by atoms with Gasteiger partial charge in [0.2, 0.25) is 70.9 Å². The van der Waals surface area contributed by atoms with Crippen LogP contribution in [0.25, 0.3) is 0 Å². The van der Waals surface area contributed by atoms with Crippen molar-refractivity contribution in [2.24, 2.45) is 39.4 Å². The van der Waals surface area contributed by atoms with Gasteiger partial charge in [-0.2, -0.15) is 11.8 Å². The molecule has 0 saturated carbocycles. The number of amides is 12. The van der Waals surface area contributed by atoms with Gasteiger partial charge in [0.1, 0.15) is 48.3 Å². The van der Waals surface area contributed by atoms with Crippen LogP contribution in [-0.2, 0) is 62.3 Å². The number of rotatable bonds is 50. The summed E-state index contributed by atoms with van der Waals surface area (Å²) in [6.07, 6.45) is 2.34. The number of hydrogen-bond acceptors (Lipinski definition) is 21. The van der Waals surface area contributed by atoms with E-state index in [1.165, 1.54) is 6.92 Å². The highest BCUT2D eigenvalue weighted by atomic mass is 32.2. The molecule has 0 aliphatic rings. The molecule has 0 aromatic heterocycles. The van der Waals surface area contributed by atoms with E-state index >= 15 is 0 Å². The van der Waals surface area contributed by atoms with Crippen LogP contribution in [0.2, 0.25) is 0 Å². The topological polar surface area (TPSA) is 604 Å². The third-order valence-corrected chi connectivity index (χ3v) is 14.4. The molecule has 0 aromatic rings. The molecular weight excluding hydrogens is 1200 g/mol. The average molecular weight is 1310 g/mol. The van der Waals surface area contributed by atoms with E-state index in [0.717, 1.165) is 51.3 Å². The van der Waals surface area contributed by atoms with E-state index in [1.807, 2.05) is 0 Å². The van der Waals surface area contributed by atoms with Crippen molar-refractivity contribution in [2.45, 2.75) is 197 Å². The Morgan fingerprint density at radius 2 is 1.02 bits per heavy atom. The van der Waals surface area contributed by atoms with Gasteiger partial charge in [0.05, 0.1) is 37.9 Å². The quantitative estimate of drug-likeness (QED) is 0.0153. The van der Waals surface area contributed by atoms with Crippen molar-refractivity contribution < 1.29 is 82.8 Å². The van der Waals surface area contributed by atoms with Crippen molar-refractivity contribution in [3.63, 3.8) is 0 Å². The Labute approximate surface area is 527 Å². The summed E-state index contributed by atoms with van der Waals surface area (Å²) in [7, 11) is 0. The first-order valence-corrected chi connectivity index (χ1v) is 31.2. The van der Waals surface area contributed by atoms with E-state index in [1.54, 1.807) is 0 Å². The lowest BCUT2D eigenvalue weighted by Gasteiger charge is -2.28. The molecule has 0 saturated heterocycles. The van der Waals surface area contributed by atoms with Gasteiger partial charge in [0, 0.05) is 31.7 Å². The molecule has 90 heavy (non-hydrogen) atoms. The number of carboxylic acid groups (broad SMARTS) is 1. The minimum Gasteiger partial charge on any atom is -0.480 e. The number of nitrogens with zero attached hydrogens (tertiary/aromatic N) is 1. The Bertz CT molecular complexity index is 2340. The van der Waals surface area contributed by atoms with Crippen molar-refractivity contribution >= 4 is 94.6 Å². The molecule has 35 nitrogen and oxygen atoms in total. The second kappa shape index (κ2) is 47.4. The molecule has 0 aliphatic carbocycles. The Balaban J connectivity index is 6.59. The van der Waals surface area contributed by atoms with Crippen molar-refractivity contribution in [3.05, 3.63) is 0 Å². The minimum atomic E-state index is -1.87. The largest absolute Gasteiger partial charge is 0.480 e. The molecule has 0 heterocycles. The zero-order chi connectivity index (χ0) is 68.3. The first kappa shape index (κ1) is 82.5. The average Bonchev–Trinajstić information content (AvgIpc) is 1.87. The number of aliphatic hydroxyl groups is 3. The maximum Gasteiger partial charge on any atom is 0.326 e. The van der Waals surface area contributed by atoms with Crippen molar-refractivity contribution in [3.8, 4) is 0 Å². The SMILES string of the molecule is CCCCCCNC(=O)CCCSC[C@H](NC(=O)[C@H](CCCN=C(N)N)NC(=O)[C@H](C)NC(=O)[C@@H](NC(=O)[C@H](CCC(N)=O)NC(=O)[C@@H](N)CCCCN)[C@@H](C)O)C(=O)N[C@@H](CO)C(=O)N[C@H](C(=O)NCC(=O)NCC(=O)N[C@@H](CCCCN)C(=O)O)[C@@H](C)O. The van der Waals surface area contributed by atoms with Crippen LogP contribution >= 0.6 is 11.8 Å². The minimum absolute atomic E-state index is 0.0311. The number of nitrogens with one attached hydrogen (secondary N) is 11. The van der Waals surface area contributed by atoms with Crippen LogP contribution < -0.4 is 92.9 Å². The number of aliphatic carboxylic acids is 1. The number of carboxylic acids is 1. The summed E-state index contributed by atoms with van der Waals surface area (Å²) in [5, 5.41) is 67.0. The Kier molecular flexibility index (Phi) is 43.5. The molecule has 0 unspecified atom stereocenters. The molecular formula is C54H100N18O17S. The molecule has 0 aliphatic heterocycles. The number of nitrogens with two attached hydrogens (primary N) is 6. The molecule has 27 N–H and O–H groups in total. The molecule has 0 fully saturated rings. The van der Waals surface area contributed by atoms with Crippen molar-refractivity contribution in [2.75, 3.05) is 57.4 Å². The highest BCUT2D eigenvalue weighted by Gasteiger charge is 2.36. The Morgan fingerprint density at radius 1 is 0.489 bits per heavy atom. The summed E-state index contributed by atoms with van der Waals surface area (Å²) in [6.45, 7) is 4.01. The summed E-state index contributed by atoms with van der Waals surface area (Å²) >= 11 is 1.11. The lowest BCUT2D eigenvalue weighted by Crippen LogP contribution is -2.62. The normalized spacial score (nSPS) is 14.6. The fourth-order valence-corrected chi connectivity index (χ4v) is 9.06. The zero-order valence-corrected chi connectivity index (χ0v) is 52.8. The van der Waals surface area contributed by atoms with Crippen LogP contribution in [0.5, 0.6) is 0 Å². The molecule has 36 heteroatoms. The second-order valence-corrected chi connectivity index (χ2v) is 22.4. The number of aliphatic imine (C=N–C) groups is 1. The zero-order valence-electron chi connectivity index (χ0n) is 51.9. The van der Waals surface area contributed by atoms with E-state index in [4.69, 9.17) is 34.4 Å². The summed E-state index contributed by atoms with van der Waals surface area (Å²) in [5.74, 6) is -12.7. The van der Waals surface area contributed by atoms with Crippen LogP contribution in [0, 0.1) is 0 Å². The maximum absolute atomic E-state index is 14.3. The summed E-state index contributed by atoms with van der Waals surface area (Å²) in [4.78, 5) is 174. The van der Waals surface area contributed by atoms with Gasteiger partial charge in [-0.1, -0.05) is 32.6 Å². The number of carbonyl (C=O) groups is 13. The summed E-state index contributed by atoms with van der Waals surface area (Å²) in [6, 6.07) is -13.9. The fourth-order valence-electron chi connectivity index (χ4n) is 8.07. The predicted octanol–water partition coefficient (Wildman–Crippen LogP) is -7.93. The van der Waals surface area contributed by atoms with E-state index in [-0.39, 0.29) is 74.9 Å². The summed E-state index contributed by atoms with van der Waals surface area (Å²) < 4.78 is 0. The molecule has 0 aromatic carbocycles. The van der Waals surface area contributed by atoms with Gasteiger partial charge in [-0.25, -0.2) is 4.79 Å². The third-order valence-electron chi connectivity index (χ3n) is 13.3. The predicted molar refractivity (Wildman–Crippen MR) is 331 cm³/mol. The molecule has 0 spiro atoms. The van der Waals surface area contributed by atoms with Crippen LogP contribution in [0.4, 0.5) is 0 Å². The van der Waals surface area contributed by atoms with Crippen LogP contribution in [0.1, 0.15) is 130 Å². The maximum atomic E-state index is 14.3. The third kappa shape index (κ3) is 36.8. The highest BCUT2D eigenvalue weighted by Crippen LogP contribution is 2.11. The fraction of sp³-hybridized carbons (Fsp3) is 0.741. The number of unbranched alkanes of at least 4 members (excludes halogenated alkanes) is 5. The van der Waals surface area contributed by atoms with Crippen molar-refractivity contribution in [1.29, 1.82) is 0 Å². The standard InChI is InChI=1S/C54H100N18O17S/c1-5-6-7-12-23-61-40(77)18-14-25-90-29-38(50(85)69-37(28-73)49(84)71-43(31(3)74)51(86)64-26-41(78)63-27-42(79)66-36(53(88)89)16-9-11-22-56)70-47(82)34(17-13-24-62-54(59)60)67-45(80)30(2)65-52(87)44(32(4)75)72-48(83)35(19-20-39(58)76)68-46(81)33(57)15-8-10-21-55/h30-38,43-44,73-75H,5-29,55-57H2,1-4H3,(H2,58,76)(H,61,77)(H,63,78)(H,64,86)(H,65,87)(H,66,79)(H,67,80)(H,68,81)(H,69,85)(H,70,82)(H,71,84)(H,72,83)(H,88,89)(H4,59,60,62)/t30-,31+,32+,33-,34-,35-,36-,37-,38-,43-,44-/m0/s1. The van der Waals surface area contributed by atoms with Crippen LogP contribution in [0.3, 0.4) is 0 Å². The van der Waals surface area contributed by atoms with Crippen molar-refractivity contribution in [1.82, 2.24) is 58.5 Å². The Hall–Kier alpha value is -7.51. The lowest BCUT2D eigenvalue weighted by atomic mass is 10.1. The van der Waals surface area contributed by atoms with E-state index in [0.29, 0.717) is 51.7 Å². The number of primary amides is 1. The number of carbonyl (C=O) groups excluding carboxylic acids is 12. The molecule has 12 amide bonds. The Morgan fingerprint density at radius 3 is 1.60 bits per heavy atom. The lowest BCUT2D eigenvalue weighted by molar-refractivity contribution is -0.142. The first-order valence-electron chi connectivity index (χ1n) is 30.0. The summed E-state index contributed by atoms with van der Waals surface area (Å²) in [5.41, 5.74) is 33.2. The highest BCUT2D eigenvalue weighted by molar-refractivity contribution is 7.99. The van der Waals surface area contributed by atoms with Gasteiger partial charge >= 0.3 is 5.97 Å². The van der Waals surface area contributed by atoms with Crippen LogP contribution in [0.15, 0.2) is 4.99 Å². The molecule has 0 radical (unpaired) electrons. The van der Waals surface area contributed by atoms with Gasteiger partial charge in [0.25, 0.3) is 0 Å². The number of hydrogen-bond donors (Lipinski definition) is 21. The first-order chi connectivity index (χ1) is 42.5. The van der Waals surface area contributed by atoms with E-state index in [9.17, 15) is 82.8 Å². The number of thioether (sulfide) groups is 1. The second-order valence-electron chi connectivity index (χ2n) is 21.3. The molecule has 0 rings (SSSR count).